The Hall–Kier alpha value is -1.81. The minimum absolute atomic E-state index is 0. The molecule has 2 aromatic rings. The van der Waals surface area contributed by atoms with Crippen LogP contribution in [0.1, 0.15) is 22.5 Å². The summed E-state index contributed by atoms with van der Waals surface area (Å²) in [5.41, 5.74) is 4.58. The summed E-state index contributed by atoms with van der Waals surface area (Å²) in [5, 5.41) is 8.06. The second kappa shape index (κ2) is 11.9. The monoisotopic (exact) mass is 501 g/mol. The number of nitrogens with one attached hydrogen (secondary N) is 1. The molecule has 0 aliphatic rings. The molecule has 0 saturated heterocycles. The van der Waals surface area contributed by atoms with Gasteiger partial charge >= 0.3 is 0 Å². The lowest BCUT2D eigenvalue weighted by molar-refractivity contribution is 0.182. The Bertz CT molecular complexity index is 759. The maximum atomic E-state index is 5.21. The fourth-order valence-electron chi connectivity index (χ4n) is 3.02. The van der Waals surface area contributed by atoms with Crippen LogP contribution in [0.3, 0.4) is 0 Å². The van der Waals surface area contributed by atoms with E-state index in [0.717, 1.165) is 36.2 Å². The van der Waals surface area contributed by atoms with E-state index in [-0.39, 0.29) is 24.0 Å². The normalized spacial score (nSPS) is 11.1. The van der Waals surface area contributed by atoms with E-state index in [0.29, 0.717) is 13.2 Å². The molecule has 0 saturated carbocycles. The van der Waals surface area contributed by atoms with E-state index >= 15 is 0 Å². The summed E-state index contributed by atoms with van der Waals surface area (Å²) in [7, 11) is 7.21. The van der Waals surface area contributed by atoms with Gasteiger partial charge in [-0.1, -0.05) is 12.1 Å². The van der Waals surface area contributed by atoms with Gasteiger partial charge in [0.1, 0.15) is 5.75 Å². The molecule has 2 rings (SSSR count). The summed E-state index contributed by atoms with van der Waals surface area (Å²) in [6.45, 7) is 6.99. The van der Waals surface area contributed by atoms with Crippen LogP contribution in [0.4, 0.5) is 0 Å². The molecule has 1 N–H and O–H groups in total. The second-order valence-electron chi connectivity index (χ2n) is 6.47. The Labute approximate surface area is 185 Å². The first kappa shape index (κ1) is 24.2. The number of guanidine groups is 1. The van der Waals surface area contributed by atoms with Crippen LogP contribution in [0.5, 0.6) is 5.75 Å². The number of rotatable bonds is 8. The number of methoxy groups -OCH3 is 2. The lowest BCUT2D eigenvalue weighted by Gasteiger charge is -2.22. The molecule has 1 heterocycles. The van der Waals surface area contributed by atoms with Crippen molar-refractivity contribution in [2.24, 2.45) is 4.99 Å². The van der Waals surface area contributed by atoms with Gasteiger partial charge in [0, 0.05) is 45.6 Å². The third kappa shape index (κ3) is 6.37. The van der Waals surface area contributed by atoms with Crippen LogP contribution in [0.15, 0.2) is 29.3 Å². The zero-order chi connectivity index (χ0) is 19.8. The highest BCUT2D eigenvalue weighted by Gasteiger charge is 2.13. The molecule has 0 amide bonds. The summed E-state index contributed by atoms with van der Waals surface area (Å²) in [6.07, 6.45) is 0. The summed E-state index contributed by atoms with van der Waals surface area (Å²) in [4.78, 5) is 6.51. The number of halogens is 1. The predicted octanol–water partition coefficient (Wildman–Crippen LogP) is 2.98. The van der Waals surface area contributed by atoms with Crippen LogP contribution < -0.4 is 10.1 Å². The molecule has 0 radical (unpaired) electrons. The molecule has 0 atom stereocenters. The van der Waals surface area contributed by atoms with Crippen molar-refractivity contribution < 1.29 is 9.47 Å². The fourth-order valence-corrected chi connectivity index (χ4v) is 3.02. The van der Waals surface area contributed by atoms with Gasteiger partial charge in [0.15, 0.2) is 5.96 Å². The van der Waals surface area contributed by atoms with Crippen LogP contribution in [-0.4, -0.2) is 55.6 Å². The van der Waals surface area contributed by atoms with E-state index in [2.05, 4.69) is 39.4 Å². The van der Waals surface area contributed by atoms with Gasteiger partial charge in [0.05, 0.1) is 26.0 Å². The van der Waals surface area contributed by atoms with Crippen LogP contribution in [0.2, 0.25) is 0 Å². The molecule has 0 bridgehead atoms. The third-order valence-corrected chi connectivity index (χ3v) is 4.61. The molecule has 8 heteroatoms. The number of aromatic nitrogens is 2. The first-order valence-corrected chi connectivity index (χ1v) is 9.06. The Morgan fingerprint density at radius 1 is 1.21 bits per heavy atom. The summed E-state index contributed by atoms with van der Waals surface area (Å²) >= 11 is 0. The predicted molar refractivity (Wildman–Crippen MR) is 124 cm³/mol. The van der Waals surface area contributed by atoms with Gasteiger partial charge < -0.3 is 19.7 Å². The number of aryl methyl sites for hydroxylation is 1. The topological polar surface area (TPSA) is 63.9 Å². The van der Waals surface area contributed by atoms with Gasteiger partial charge in [-0.05, 0) is 31.5 Å². The first-order valence-electron chi connectivity index (χ1n) is 9.06. The molecule has 1 aromatic heterocycles. The number of hydrogen-bond acceptors (Lipinski definition) is 4. The highest BCUT2D eigenvalue weighted by molar-refractivity contribution is 14.0. The van der Waals surface area contributed by atoms with Crippen molar-refractivity contribution in [1.29, 1.82) is 0 Å². The minimum atomic E-state index is 0. The highest BCUT2D eigenvalue weighted by atomic mass is 127. The van der Waals surface area contributed by atoms with Crippen molar-refractivity contribution in [3.63, 3.8) is 0 Å². The van der Waals surface area contributed by atoms with E-state index in [1.807, 2.05) is 30.8 Å². The maximum absolute atomic E-state index is 5.21. The van der Waals surface area contributed by atoms with E-state index in [1.54, 1.807) is 21.3 Å². The van der Waals surface area contributed by atoms with Crippen molar-refractivity contribution >= 4 is 29.9 Å². The molecule has 7 nitrogen and oxygen atoms in total. The lowest BCUT2D eigenvalue weighted by Crippen LogP contribution is -2.38. The summed E-state index contributed by atoms with van der Waals surface area (Å²) in [6, 6.07) is 8.08. The first-order chi connectivity index (χ1) is 13.0. The van der Waals surface area contributed by atoms with Crippen LogP contribution >= 0.6 is 24.0 Å². The Balaban J connectivity index is 0.00000392. The molecule has 1 aromatic carbocycles. The minimum Gasteiger partial charge on any atom is -0.497 e. The fraction of sp³-hybridized carbons (Fsp3) is 0.500. The third-order valence-electron chi connectivity index (χ3n) is 4.61. The number of aliphatic imine (C=N–C) groups is 1. The van der Waals surface area contributed by atoms with Gasteiger partial charge in [0.2, 0.25) is 0 Å². The molecule has 0 fully saturated rings. The molecule has 0 aliphatic heterocycles. The van der Waals surface area contributed by atoms with Gasteiger partial charge in [-0.3, -0.25) is 9.67 Å². The molecule has 156 valence electrons. The Morgan fingerprint density at radius 2 is 1.89 bits per heavy atom. The largest absolute Gasteiger partial charge is 0.497 e. The van der Waals surface area contributed by atoms with E-state index < -0.39 is 0 Å². The van der Waals surface area contributed by atoms with Crippen LogP contribution in [0, 0.1) is 13.8 Å². The van der Waals surface area contributed by atoms with Crippen molar-refractivity contribution in [1.82, 2.24) is 20.0 Å². The van der Waals surface area contributed by atoms with E-state index in [1.165, 1.54) is 11.1 Å². The van der Waals surface area contributed by atoms with Crippen molar-refractivity contribution in [3.05, 3.63) is 46.8 Å². The van der Waals surface area contributed by atoms with Crippen molar-refractivity contribution in [2.45, 2.75) is 33.5 Å². The van der Waals surface area contributed by atoms with Crippen molar-refractivity contribution in [2.75, 3.05) is 34.9 Å². The summed E-state index contributed by atoms with van der Waals surface area (Å²) < 4.78 is 12.4. The van der Waals surface area contributed by atoms with Gasteiger partial charge in [-0.25, -0.2) is 0 Å². The summed E-state index contributed by atoms with van der Waals surface area (Å²) in [5.74, 6) is 1.70. The van der Waals surface area contributed by atoms with Crippen LogP contribution in [-0.2, 0) is 24.4 Å². The molecule has 0 aliphatic carbocycles. The number of benzene rings is 1. The lowest BCUT2D eigenvalue weighted by atomic mass is 10.2. The van der Waals surface area contributed by atoms with E-state index in [9.17, 15) is 0 Å². The molecule has 0 spiro atoms. The van der Waals surface area contributed by atoms with Gasteiger partial charge in [0.25, 0.3) is 0 Å². The SMILES string of the molecule is CN=C(NCc1c(C)nn(CCOC)c1C)N(C)Cc1ccc(OC)cc1.I. The smallest absolute Gasteiger partial charge is 0.193 e. The average Bonchev–Trinajstić information content (AvgIpc) is 2.94. The van der Waals surface area contributed by atoms with Crippen molar-refractivity contribution in [3.8, 4) is 5.75 Å². The average molecular weight is 501 g/mol. The van der Waals surface area contributed by atoms with E-state index in [4.69, 9.17) is 9.47 Å². The quantitative estimate of drug-likeness (QED) is 0.343. The standard InChI is InChI=1S/C20H31N5O2.HI/c1-15-19(16(2)25(23-15)11-12-26-5)13-22-20(21-3)24(4)14-17-7-9-18(27-6)10-8-17;/h7-10H,11-14H2,1-6H3,(H,21,22);1H. The van der Waals surface area contributed by atoms with Gasteiger partial charge in [-0.2, -0.15) is 5.10 Å². The zero-order valence-corrected chi connectivity index (χ0v) is 20.0. The molecular weight excluding hydrogens is 469 g/mol. The highest BCUT2D eigenvalue weighted by Crippen LogP contribution is 2.14. The molecule has 28 heavy (non-hydrogen) atoms. The Morgan fingerprint density at radius 3 is 2.46 bits per heavy atom. The Kier molecular flexibility index (Phi) is 10.3. The zero-order valence-electron chi connectivity index (χ0n) is 17.7. The molecule has 0 unspecified atom stereocenters. The molecular formula is C20H32IN5O2. The van der Waals surface area contributed by atoms with Gasteiger partial charge in [-0.15, -0.1) is 24.0 Å². The second-order valence-corrected chi connectivity index (χ2v) is 6.47. The number of hydrogen-bond donors (Lipinski definition) is 1. The van der Waals surface area contributed by atoms with Crippen LogP contribution in [0.25, 0.3) is 0 Å². The number of ether oxygens (including phenoxy) is 2. The number of nitrogens with zero attached hydrogens (tertiary/aromatic N) is 4. The maximum Gasteiger partial charge on any atom is 0.193 e.